The van der Waals surface area contributed by atoms with Crippen molar-refractivity contribution >= 4 is 39.3 Å². The molecular formula is C18H16BrN3O3S. The van der Waals surface area contributed by atoms with Crippen LogP contribution in [0.15, 0.2) is 68.6 Å². The zero-order valence-electron chi connectivity index (χ0n) is 13.9. The molecule has 2 aromatic carbocycles. The van der Waals surface area contributed by atoms with Crippen LogP contribution in [0.4, 0.5) is 5.69 Å². The highest BCUT2D eigenvalue weighted by Crippen LogP contribution is 2.30. The maximum absolute atomic E-state index is 12.7. The standard InChI is InChI=1S/C18H16BrN3O3S/c1-2-15(16(23)20-14-11-7-6-10-13(14)19)26-17-18(24)25-21-22(17)12-8-4-3-5-9-12/h3-11,15H,2H2,1H3,(H-,20,21,23,24). The van der Waals surface area contributed by atoms with Crippen molar-refractivity contribution in [3.05, 3.63) is 59.1 Å². The average molecular weight is 434 g/mol. The second-order valence-electron chi connectivity index (χ2n) is 5.40. The molecule has 1 unspecified atom stereocenters. The topological polar surface area (TPSA) is 82.1 Å². The summed E-state index contributed by atoms with van der Waals surface area (Å²) in [5.41, 5.74) is 1.38. The summed E-state index contributed by atoms with van der Waals surface area (Å²) in [7, 11) is 0. The van der Waals surface area contributed by atoms with Crippen molar-refractivity contribution in [1.29, 1.82) is 0 Å². The van der Waals surface area contributed by atoms with E-state index in [2.05, 4.69) is 26.5 Å². The van der Waals surface area contributed by atoms with Gasteiger partial charge in [0.05, 0.1) is 16.2 Å². The molecule has 8 heteroatoms. The molecule has 1 aromatic heterocycles. The third-order valence-electron chi connectivity index (χ3n) is 3.62. The second kappa shape index (κ2) is 8.37. The highest BCUT2D eigenvalue weighted by Gasteiger charge is 2.28. The average Bonchev–Trinajstić information content (AvgIpc) is 3.02. The predicted octanol–water partition coefficient (Wildman–Crippen LogP) is 3.30. The molecule has 134 valence electrons. The quantitative estimate of drug-likeness (QED) is 0.476. The summed E-state index contributed by atoms with van der Waals surface area (Å²) in [4.78, 5) is 12.7. The highest BCUT2D eigenvalue weighted by atomic mass is 79.9. The van der Waals surface area contributed by atoms with Gasteiger partial charge in [0.15, 0.2) is 5.95 Å². The van der Waals surface area contributed by atoms with Crippen LogP contribution in [0.3, 0.4) is 0 Å². The molecule has 1 heterocycles. The maximum atomic E-state index is 12.7. The third kappa shape index (κ3) is 4.08. The van der Waals surface area contributed by atoms with Crippen LogP contribution in [0, 0.1) is 0 Å². The van der Waals surface area contributed by atoms with E-state index in [4.69, 9.17) is 4.52 Å². The largest absolute Gasteiger partial charge is 0.538 e. The molecule has 0 saturated heterocycles. The van der Waals surface area contributed by atoms with Crippen molar-refractivity contribution in [2.24, 2.45) is 0 Å². The van der Waals surface area contributed by atoms with Gasteiger partial charge in [-0.2, -0.15) is 0 Å². The van der Waals surface area contributed by atoms with E-state index in [0.29, 0.717) is 17.8 Å². The fourth-order valence-corrected chi connectivity index (χ4v) is 3.66. The Morgan fingerprint density at radius 1 is 1.27 bits per heavy atom. The minimum Gasteiger partial charge on any atom is -0.538 e. The van der Waals surface area contributed by atoms with Gasteiger partial charge in [-0.15, -0.1) is 0 Å². The molecule has 1 atom stereocenters. The van der Waals surface area contributed by atoms with Crippen LogP contribution in [0.25, 0.3) is 5.69 Å². The van der Waals surface area contributed by atoms with E-state index in [1.807, 2.05) is 61.5 Å². The zero-order chi connectivity index (χ0) is 18.5. The molecule has 3 rings (SSSR count). The van der Waals surface area contributed by atoms with Gasteiger partial charge in [0.2, 0.25) is 11.6 Å². The predicted molar refractivity (Wildman–Crippen MR) is 100 cm³/mol. The number of amides is 1. The number of hydrogen-bond donors (Lipinski definition) is 1. The number of aromatic nitrogens is 2. The third-order valence-corrected chi connectivity index (χ3v) is 5.71. The Hall–Kier alpha value is -2.32. The lowest BCUT2D eigenvalue weighted by Crippen LogP contribution is -2.36. The minimum atomic E-state index is -0.564. The van der Waals surface area contributed by atoms with Crippen LogP contribution in [0.5, 0.6) is 5.95 Å². The number of carbonyl (C=O) groups excluding carboxylic acids is 1. The van der Waals surface area contributed by atoms with Crippen molar-refractivity contribution in [2.45, 2.75) is 23.6 Å². The first-order valence-electron chi connectivity index (χ1n) is 7.96. The SMILES string of the molecule is CCC(Sc1c([O-])on[n+]1-c1ccccc1)C(=O)Nc1ccccc1Br. The Bertz CT molecular complexity index is 902. The van der Waals surface area contributed by atoms with Gasteiger partial charge in [-0.25, -0.2) is 0 Å². The molecule has 0 bridgehead atoms. The Kier molecular flexibility index (Phi) is 5.95. The fraction of sp³-hybridized carbons (Fsp3) is 0.167. The number of thioether (sulfide) groups is 1. The summed E-state index contributed by atoms with van der Waals surface area (Å²) >= 11 is 4.55. The second-order valence-corrected chi connectivity index (χ2v) is 7.44. The monoisotopic (exact) mass is 433 g/mol. The first-order valence-corrected chi connectivity index (χ1v) is 9.64. The Morgan fingerprint density at radius 2 is 1.96 bits per heavy atom. The zero-order valence-corrected chi connectivity index (χ0v) is 16.3. The molecule has 0 saturated carbocycles. The van der Waals surface area contributed by atoms with E-state index in [1.54, 1.807) is 0 Å². The summed E-state index contributed by atoms with van der Waals surface area (Å²) in [6.07, 6.45) is 0.542. The van der Waals surface area contributed by atoms with E-state index in [-0.39, 0.29) is 10.9 Å². The van der Waals surface area contributed by atoms with Crippen molar-refractivity contribution in [2.75, 3.05) is 5.32 Å². The number of nitrogens with one attached hydrogen (secondary N) is 1. The molecule has 3 aromatic rings. The molecule has 0 radical (unpaired) electrons. The highest BCUT2D eigenvalue weighted by molar-refractivity contribution is 9.10. The number of nitrogens with zero attached hydrogens (tertiary/aromatic N) is 2. The number of rotatable bonds is 6. The van der Waals surface area contributed by atoms with E-state index in [9.17, 15) is 9.90 Å². The normalized spacial score (nSPS) is 11.9. The van der Waals surface area contributed by atoms with Crippen LogP contribution in [-0.4, -0.2) is 16.4 Å². The summed E-state index contributed by atoms with van der Waals surface area (Å²) in [6.45, 7) is 1.89. The molecule has 0 spiro atoms. The van der Waals surface area contributed by atoms with Crippen molar-refractivity contribution in [3.8, 4) is 11.6 Å². The van der Waals surface area contributed by atoms with Gasteiger partial charge in [0.25, 0.3) is 5.03 Å². The lowest BCUT2D eigenvalue weighted by molar-refractivity contribution is -0.705. The van der Waals surface area contributed by atoms with Crippen LogP contribution in [-0.2, 0) is 4.79 Å². The first kappa shape index (κ1) is 18.5. The molecule has 6 nitrogen and oxygen atoms in total. The van der Waals surface area contributed by atoms with Crippen LogP contribution < -0.4 is 15.1 Å². The van der Waals surface area contributed by atoms with E-state index >= 15 is 0 Å². The number of benzene rings is 2. The lowest BCUT2D eigenvalue weighted by Gasteiger charge is -2.13. The van der Waals surface area contributed by atoms with E-state index < -0.39 is 11.2 Å². The van der Waals surface area contributed by atoms with Gasteiger partial charge in [-0.1, -0.05) is 37.3 Å². The summed E-state index contributed by atoms with van der Waals surface area (Å²) in [5, 5.41) is 18.6. The van der Waals surface area contributed by atoms with Crippen molar-refractivity contribution < 1.29 is 19.1 Å². The van der Waals surface area contributed by atoms with Crippen LogP contribution >= 0.6 is 27.7 Å². The van der Waals surface area contributed by atoms with Gasteiger partial charge in [0.1, 0.15) is 0 Å². The molecule has 0 aliphatic heterocycles. The molecule has 0 aliphatic carbocycles. The molecule has 1 N–H and O–H groups in total. The van der Waals surface area contributed by atoms with Gasteiger partial charge < -0.3 is 14.9 Å². The molecule has 1 amide bonds. The smallest absolute Gasteiger partial charge is 0.298 e. The lowest BCUT2D eigenvalue weighted by atomic mass is 10.3. The minimum absolute atomic E-state index is 0.190. The summed E-state index contributed by atoms with van der Waals surface area (Å²) in [6, 6.07) is 16.5. The maximum Gasteiger partial charge on any atom is 0.298 e. The molecule has 0 aliphatic rings. The van der Waals surface area contributed by atoms with Crippen molar-refractivity contribution in [1.82, 2.24) is 5.27 Å². The van der Waals surface area contributed by atoms with Gasteiger partial charge in [-0.3, -0.25) is 4.79 Å². The Labute approximate surface area is 163 Å². The van der Waals surface area contributed by atoms with Gasteiger partial charge >= 0.3 is 0 Å². The van der Waals surface area contributed by atoms with Gasteiger partial charge in [0, 0.05) is 16.6 Å². The fourth-order valence-electron chi connectivity index (χ4n) is 2.30. The van der Waals surface area contributed by atoms with Crippen LogP contribution in [0.2, 0.25) is 0 Å². The van der Waals surface area contributed by atoms with Crippen LogP contribution in [0.1, 0.15) is 13.3 Å². The van der Waals surface area contributed by atoms with Gasteiger partial charge in [-0.05, 0) is 50.9 Å². The van der Waals surface area contributed by atoms with E-state index in [1.165, 1.54) is 4.68 Å². The van der Waals surface area contributed by atoms with Crippen molar-refractivity contribution in [3.63, 3.8) is 0 Å². The summed E-state index contributed by atoms with van der Waals surface area (Å²) < 4.78 is 7.02. The number of para-hydroxylation sites is 2. The number of halogens is 1. The number of hydrogen-bond acceptors (Lipinski definition) is 5. The van der Waals surface area contributed by atoms with E-state index in [0.717, 1.165) is 16.2 Å². The molecule has 0 fully saturated rings. The molecular weight excluding hydrogens is 418 g/mol. The Morgan fingerprint density at radius 3 is 2.65 bits per heavy atom. The summed E-state index contributed by atoms with van der Waals surface area (Å²) in [5.74, 6) is -0.754. The first-order chi connectivity index (χ1) is 12.6. The molecule has 26 heavy (non-hydrogen) atoms. The number of carbonyl (C=O) groups is 1. The number of anilines is 1. The Balaban J connectivity index is 1.82.